The van der Waals surface area contributed by atoms with E-state index in [1.807, 2.05) is 13.8 Å². The molecule has 1 N–H and O–H groups in total. The molecule has 0 aliphatic heterocycles. The maximum absolute atomic E-state index is 14.1. The number of rotatable bonds is 12. The van der Waals surface area contributed by atoms with Crippen molar-refractivity contribution in [3.8, 4) is 0 Å². The van der Waals surface area contributed by atoms with E-state index in [4.69, 9.17) is 34.8 Å². The summed E-state index contributed by atoms with van der Waals surface area (Å²) in [7, 11) is -4.25. The molecule has 0 radical (unpaired) electrons. The molecule has 0 bridgehead atoms. The molecule has 214 valence electrons. The predicted octanol–water partition coefficient (Wildman–Crippen LogP) is 6.56. The van der Waals surface area contributed by atoms with Gasteiger partial charge < -0.3 is 10.2 Å². The van der Waals surface area contributed by atoms with Crippen LogP contribution in [-0.4, -0.2) is 43.8 Å². The zero-order valence-electron chi connectivity index (χ0n) is 22.5. The summed E-state index contributed by atoms with van der Waals surface area (Å²) in [6, 6.07) is 18.3. The number of sulfonamides is 1. The summed E-state index contributed by atoms with van der Waals surface area (Å²) in [6.07, 6.45) is 1.02. The highest BCUT2D eigenvalue weighted by atomic mass is 35.5. The lowest BCUT2D eigenvalue weighted by atomic mass is 10.1. The molecule has 2 atom stereocenters. The smallest absolute Gasteiger partial charge is 0.264 e. The van der Waals surface area contributed by atoms with Crippen molar-refractivity contribution < 1.29 is 18.0 Å². The highest BCUT2D eigenvalue weighted by Gasteiger charge is 2.34. The Hall–Kier alpha value is -2.78. The molecule has 40 heavy (non-hydrogen) atoms. The largest absolute Gasteiger partial charge is 0.352 e. The maximum atomic E-state index is 14.1. The van der Waals surface area contributed by atoms with E-state index < -0.39 is 28.5 Å². The standard InChI is InChI=1S/C29H32Cl3N3O4S/c1-4-20(3)33-29(37)25(5-2)34(18-21-14-16-22(30)17-15-21)27(36)19-35(26-13-9-12-24(31)28(26)32)40(38,39)23-10-7-6-8-11-23/h6-17,20,25H,4-5,18-19H2,1-3H3,(H,33,37)/t20-,25-/m0/s1. The maximum Gasteiger partial charge on any atom is 0.264 e. The van der Waals surface area contributed by atoms with Crippen molar-refractivity contribution in [3.63, 3.8) is 0 Å². The van der Waals surface area contributed by atoms with Crippen LogP contribution < -0.4 is 9.62 Å². The summed E-state index contributed by atoms with van der Waals surface area (Å²) >= 11 is 18.8. The first-order valence-corrected chi connectivity index (χ1v) is 15.4. The van der Waals surface area contributed by atoms with Crippen molar-refractivity contribution >= 4 is 62.3 Å². The Balaban J connectivity index is 2.08. The van der Waals surface area contributed by atoms with Crippen molar-refractivity contribution in [2.75, 3.05) is 10.8 Å². The zero-order valence-corrected chi connectivity index (χ0v) is 25.6. The minimum atomic E-state index is -4.25. The molecule has 0 aliphatic rings. The van der Waals surface area contributed by atoms with Gasteiger partial charge in [0.1, 0.15) is 12.6 Å². The number of hydrogen-bond acceptors (Lipinski definition) is 4. The molecule has 0 unspecified atom stereocenters. The molecule has 0 fully saturated rings. The van der Waals surface area contributed by atoms with E-state index in [-0.39, 0.29) is 39.1 Å². The molecular formula is C29H32Cl3N3O4S. The predicted molar refractivity (Wildman–Crippen MR) is 161 cm³/mol. The van der Waals surface area contributed by atoms with Gasteiger partial charge in [0.05, 0.1) is 20.6 Å². The van der Waals surface area contributed by atoms with Gasteiger partial charge in [0, 0.05) is 17.6 Å². The average Bonchev–Trinajstić information content (AvgIpc) is 2.94. The Morgan fingerprint density at radius 3 is 2.12 bits per heavy atom. The van der Waals surface area contributed by atoms with E-state index in [0.29, 0.717) is 17.9 Å². The zero-order chi connectivity index (χ0) is 29.4. The summed E-state index contributed by atoms with van der Waals surface area (Å²) in [5.74, 6) is -0.908. The van der Waals surface area contributed by atoms with Gasteiger partial charge in [-0.05, 0) is 61.7 Å². The monoisotopic (exact) mass is 623 g/mol. The third-order valence-electron chi connectivity index (χ3n) is 6.46. The van der Waals surface area contributed by atoms with Crippen molar-refractivity contribution in [1.29, 1.82) is 0 Å². The second-order valence-corrected chi connectivity index (χ2v) is 12.4. The van der Waals surface area contributed by atoms with Gasteiger partial charge in [0.15, 0.2) is 0 Å². The molecule has 11 heteroatoms. The minimum Gasteiger partial charge on any atom is -0.352 e. The Bertz CT molecular complexity index is 1420. The van der Waals surface area contributed by atoms with Crippen LogP contribution in [0.2, 0.25) is 15.1 Å². The molecule has 0 heterocycles. The summed E-state index contributed by atoms with van der Waals surface area (Å²) in [6.45, 7) is 5.08. The van der Waals surface area contributed by atoms with Crippen LogP contribution in [0.15, 0.2) is 77.7 Å². The molecule has 3 aromatic carbocycles. The molecule has 0 aliphatic carbocycles. The second-order valence-electron chi connectivity index (χ2n) is 9.29. The SMILES string of the molecule is CC[C@H](C)NC(=O)[C@H](CC)N(Cc1ccc(Cl)cc1)C(=O)CN(c1cccc(Cl)c1Cl)S(=O)(=O)c1ccccc1. The van der Waals surface area contributed by atoms with Crippen LogP contribution in [0.25, 0.3) is 0 Å². The number of carbonyl (C=O) groups is 2. The third-order valence-corrected chi connectivity index (χ3v) is 9.30. The number of benzene rings is 3. The number of carbonyl (C=O) groups excluding carboxylic acids is 2. The fraction of sp³-hybridized carbons (Fsp3) is 0.310. The summed E-state index contributed by atoms with van der Waals surface area (Å²) < 4.78 is 28.7. The van der Waals surface area contributed by atoms with Crippen molar-refractivity contribution in [3.05, 3.63) is 93.4 Å². The highest BCUT2D eigenvalue weighted by molar-refractivity contribution is 7.92. The first-order valence-electron chi connectivity index (χ1n) is 12.9. The van der Waals surface area contributed by atoms with E-state index in [9.17, 15) is 18.0 Å². The lowest BCUT2D eigenvalue weighted by molar-refractivity contribution is -0.140. The third kappa shape index (κ3) is 7.69. The van der Waals surface area contributed by atoms with Gasteiger partial charge >= 0.3 is 0 Å². The van der Waals surface area contributed by atoms with Crippen molar-refractivity contribution in [2.45, 2.75) is 57.1 Å². The van der Waals surface area contributed by atoms with Crippen LogP contribution in [-0.2, 0) is 26.2 Å². The van der Waals surface area contributed by atoms with E-state index in [1.54, 1.807) is 55.5 Å². The first-order chi connectivity index (χ1) is 19.0. The molecular weight excluding hydrogens is 593 g/mol. The van der Waals surface area contributed by atoms with E-state index in [1.165, 1.54) is 29.2 Å². The van der Waals surface area contributed by atoms with E-state index >= 15 is 0 Å². The Morgan fingerprint density at radius 1 is 0.875 bits per heavy atom. The Morgan fingerprint density at radius 2 is 1.52 bits per heavy atom. The summed E-state index contributed by atoms with van der Waals surface area (Å²) in [5, 5.41) is 3.60. The summed E-state index contributed by atoms with van der Waals surface area (Å²) in [4.78, 5) is 28.8. The fourth-order valence-electron chi connectivity index (χ4n) is 4.07. The highest BCUT2D eigenvalue weighted by Crippen LogP contribution is 2.35. The first kappa shape index (κ1) is 31.7. The number of anilines is 1. The number of halogens is 3. The van der Waals surface area contributed by atoms with Crippen LogP contribution in [0, 0.1) is 0 Å². The van der Waals surface area contributed by atoms with Gasteiger partial charge in [-0.15, -0.1) is 0 Å². The Labute approximate surface area is 251 Å². The molecule has 0 spiro atoms. The lowest BCUT2D eigenvalue weighted by Gasteiger charge is -2.34. The molecule has 0 saturated carbocycles. The van der Waals surface area contributed by atoms with Gasteiger partial charge in [-0.3, -0.25) is 13.9 Å². The van der Waals surface area contributed by atoms with E-state index in [0.717, 1.165) is 9.87 Å². The molecule has 3 rings (SSSR count). The van der Waals surface area contributed by atoms with Crippen molar-refractivity contribution in [2.24, 2.45) is 0 Å². The van der Waals surface area contributed by atoms with Crippen LogP contribution >= 0.6 is 34.8 Å². The van der Waals surface area contributed by atoms with Crippen LogP contribution in [0.1, 0.15) is 39.2 Å². The van der Waals surface area contributed by atoms with Gasteiger partial charge in [-0.1, -0.05) is 85.0 Å². The van der Waals surface area contributed by atoms with Crippen molar-refractivity contribution in [1.82, 2.24) is 10.2 Å². The second kappa shape index (κ2) is 14.2. The molecule has 0 saturated heterocycles. The number of nitrogens with one attached hydrogen (secondary N) is 1. The van der Waals surface area contributed by atoms with Gasteiger partial charge in [-0.2, -0.15) is 0 Å². The molecule has 0 aromatic heterocycles. The van der Waals surface area contributed by atoms with Crippen LogP contribution in [0.3, 0.4) is 0 Å². The van der Waals surface area contributed by atoms with Crippen LogP contribution in [0.4, 0.5) is 5.69 Å². The molecule has 2 amide bonds. The fourth-order valence-corrected chi connectivity index (χ4v) is 6.09. The minimum absolute atomic E-state index is 0.0118. The normalized spacial score (nSPS) is 12.8. The quantitative estimate of drug-likeness (QED) is 0.247. The molecule has 3 aromatic rings. The number of nitrogens with zero attached hydrogens (tertiary/aromatic N) is 2. The topological polar surface area (TPSA) is 86.8 Å². The van der Waals surface area contributed by atoms with E-state index in [2.05, 4.69) is 5.32 Å². The summed E-state index contributed by atoms with van der Waals surface area (Å²) in [5.41, 5.74) is 0.778. The average molecular weight is 625 g/mol. The van der Waals surface area contributed by atoms with Gasteiger partial charge in [0.2, 0.25) is 11.8 Å². The Kier molecular flexibility index (Phi) is 11.3. The lowest BCUT2D eigenvalue weighted by Crippen LogP contribution is -2.53. The van der Waals surface area contributed by atoms with Gasteiger partial charge in [-0.25, -0.2) is 8.42 Å². The molecule has 7 nitrogen and oxygen atoms in total. The van der Waals surface area contributed by atoms with Crippen LogP contribution in [0.5, 0.6) is 0 Å². The number of amides is 2. The number of hydrogen-bond donors (Lipinski definition) is 1. The van der Waals surface area contributed by atoms with Gasteiger partial charge in [0.25, 0.3) is 10.0 Å².